The predicted octanol–water partition coefficient (Wildman–Crippen LogP) is 2.26. The number of hydrogen-bond donors (Lipinski definition) is 1. The van der Waals surface area contributed by atoms with Crippen LogP contribution in [0.1, 0.15) is 25.7 Å². The Morgan fingerprint density at radius 1 is 1.12 bits per heavy atom. The second-order valence-electron chi connectivity index (χ2n) is 6.44. The molecule has 8 heteroatoms. The number of rotatable bonds is 6. The zero-order valence-electron chi connectivity index (χ0n) is 14.1. The number of nitrogens with one attached hydrogen (secondary N) is 1. The quantitative estimate of drug-likeness (QED) is 0.363. The number of allylic oxidation sites excluding steroid dienone is 2. The molecular formula is C18H19N3O5. The molecule has 0 aromatic heterocycles. The number of likely N-dealkylation sites (tertiary alicyclic amines) is 1. The highest BCUT2D eigenvalue weighted by Crippen LogP contribution is 2.35. The fourth-order valence-electron chi connectivity index (χ4n) is 3.38. The largest absolute Gasteiger partial charge is 0.326 e. The van der Waals surface area contributed by atoms with Crippen LogP contribution in [0.5, 0.6) is 0 Å². The van der Waals surface area contributed by atoms with Gasteiger partial charge >= 0.3 is 0 Å². The van der Waals surface area contributed by atoms with E-state index in [9.17, 15) is 24.5 Å². The summed E-state index contributed by atoms with van der Waals surface area (Å²) in [5, 5.41) is 13.2. The lowest BCUT2D eigenvalue weighted by molar-refractivity contribution is -0.384. The van der Waals surface area contributed by atoms with Crippen LogP contribution in [0.4, 0.5) is 11.4 Å². The van der Waals surface area contributed by atoms with Gasteiger partial charge in [0.1, 0.15) is 0 Å². The molecule has 1 heterocycles. The molecule has 1 aliphatic carbocycles. The monoisotopic (exact) mass is 357 g/mol. The number of nitro benzene ring substituents is 1. The molecule has 3 amide bonds. The van der Waals surface area contributed by atoms with Crippen LogP contribution in [0.3, 0.4) is 0 Å². The van der Waals surface area contributed by atoms with Crippen molar-refractivity contribution in [3.8, 4) is 0 Å². The van der Waals surface area contributed by atoms with Crippen LogP contribution in [-0.4, -0.2) is 34.1 Å². The average Bonchev–Trinajstić information content (AvgIpc) is 2.87. The Morgan fingerprint density at radius 2 is 1.69 bits per heavy atom. The molecule has 1 N–H and O–H groups in total. The lowest BCUT2D eigenvalue weighted by Gasteiger charge is -2.14. The first-order valence-corrected chi connectivity index (χ1v) is 8.52. The molecule has 1 aliphatic heterocycles. The molecule has 1 aromatic rings. The molecule has 0 radical (unpaired) electrons. The van der Waals surface area contributed by atoms with Crippen molar-refractivity contribution in [3.05, 3.63) is 46.5 Å². The third-order valence-electron chi connectivity index (χ3n) is 4.75. The second kappa shape index (κ2) is 7.47. The van der Waals surface area contributed by atoms with E-state index in [0.29, 0.717) is 24.9 Å². The SMILES string of the molecule is O=C(CCCN1C(=O)[C@H]2CC=CC[C@H]2C1=O)Nc1ccc([N+](=O)[O-])cc1. The standard InChI is InChI=1S/C18H19N3O5/c22-16(19-12-7-9-13(10-8-12)21(25)26)6-3-11-20-17(23)14-4-1-2-5-15(14)18(20)24/h1-2,7-10,14-15H,3-6,11H2,(H,19,22)/t14-,15+. The summed E-state index contributed by atoms with van der Waals surface area (Å²) in [6.07, 6.45) is 5.62. The van der Waals surface area contributed by atoms with E-state index in [1.165, 1.54) is 29.2 Å². The van der Waals surface area contributed by atoms with Gasteiger partial charge in [0.25, 0.3) is 5.69 Å². The maximum Gasteiger partial charge on any atom is 0.269 e. The van der Waals surface area contributed by atoms with E-state index in [1.807, 2.05) is 12.2 Å². The molecule has 1 aromatic carbocycles. The molecule has 26 heavy (non-hydrogen) atoms. The van der Waals surface area contributed by atoms with Crippen molar-refractivity contribution in [1.82, 2.24) is 4.90 Å². The minimum Gasteiger partial charge on any atom is -0.326 e. The van der Waals surface area contributed by atoms with Crippen molar-refractivity contribution in [1.29, 1.82) is 0 Å². The molecule has 1 saturated heterocycles. The van der Waals surface area contributed by atoms with Gasteiger partial charge in [-0.1, -0.05) is 12.2 Å². The van der Waals surface area contributed by atoms with Gasteiger partial charge in [-0.3, -0.25) is 29.4 Å². The number of carbonyl (C=O) groups is 3. The number of hydrogen-bond acceptors (Lipinski definition) is 5. The Kier molecular flexibility index (Phi) is 5.11. The highest BCUT2D eigenvalue weighted by atomic mass is 16.6. The molecule has 2 atom stereocenters. The fraction of sp³-hybridized carbons (Fsp3) is 0.389. The Bertz CT molecular complexity index is 746. The molecule has 2 aliphatic rings. The highest BCUT2D eigenvalue weighted by Gasteiger charge is 2.46. The number of fused-ring (bicyclic) bond motifs is 1. The summed E-state index contributed by atoms with van der Waals surface area (Å²) in [5.41, 5.74) is 0.413. The molecule has 136 valence electrons. The molecular weight excluding hydrogens is 338 g/mol. The van der Waals surface area contributed by atoms with Gasteiger partial charge in [0, 0.05) is 30.8 Å². The number of imide groups is 1. The number of anilines is 1. The first-order valence-electron chi connectivity index (χ1n) is 8.52. The average molecular weight is 357 g/mol. The van der Waals surface area contributed by atoms with E-state index in [1.54, 1.807) is 0 Å². The van der Waals surface area contributed by atoms with Crippen LogP contribution in [0.2, 0.25) is 0 Å². The van der Waals surface area contributed by atoms with Gasteiger partial charge in [0.05, 0.1) is 16.8 Å². The van der Waals surface area contributed by atoms with Gasteiger partial charge in [0.2, 0.25) is 17.7 Å². The lowest BCUT2D eigenvalue weighted by Crippen LogP contribution is -2.32. The second-order valence-corrected chi connectivity index (χ2v) is 6.44. The van der Waals surface area contributed by atoms with Crippen molar-refractivity contribution in [2.75, 3.05) is 11.9 Å². The third-order valence-corrected chi connectivity index (χ3v) is 4.75. The van der Waals surface area contributed by atoms with Crippen LogP contribution in [0.15, 0.2) is 36.4 Å². The highest BCUT2D eigenvalue weighted by molar-refractivity contribution is 6.05. The van der Waals surface area contributed by atoms with Crippen molar-refractivity contribution >= 4 is 29.1 Å². The summed E-state index contributed by atoms with van der Waals surface area (Å²) in [4.78, 5) is 48.0. The predicted molar refractivity (Wildman–Crippen MR) is 93.0 cm³/mol. The minimum atomic E-state index is -0.511. The molecule has 0 spiro atoms. The lowest BCUT2D eigenvalue weighted by atomic mass is 9.85. The Morgan fingerprint density at radius 3 is 2.23 bits per heavy atom. The van der Waals surface area contributed by atoms with Gasteiger partial charge in [-0.25, -0.2) is 0 Å². The van der Waals surface area contributed by atoms with Crippen LogP contribution >= 0.6 is 0 Å². The first kappa shape index (κ1) is 17.8. The molecule has 1 fully saturated rings. The van der Waals surface area contributed by atoms with E-state index in [4.69, 9.17) is 0 Å². The summed E-state index contributed by atoms with van der Waals surface area (Å²) in [6, 6.07) is 5.54. The van der Waals surface area contributed by atoms with Gasteiger partial charge in [-0.2, -0.15) is 0 Å². The summed E-state index contributed by atoms with van der Waals surface area (Å²) in [7, 11) is 0. The number of nitro groups is 1. The van der Waals surface area contributed by atoms with Crippen LogP contribution in [0.25, 0.3) is 0 Å². The van der Waals surface area contributed by atoms with E-state index in [2.05, 4.69) is 5.32 Å². The summed E-state index contributed by atoms with van der Waals surface area (Å²) >= 11 is 0. The fourth-order valence-corrected chi connectivity index (χ4v) is 3.38. The number of benzene rings is 1. The maximum absolute atomic E-state index is 12.3. The zero-order valence-corrected chi connectivity index (χ0v) is 14.1. The van der Waals surface area contributed by atoms with Crippen LogP contribution in [0, 0.1) is 22.0 Å². The van der Waals surface area contributed by atoms with E-state index >= 15 is 0 Å². The zero-order chi connectivity index (χ0) is 18.7. The minimum absolute atomic E-state index is 0.0509. The van der Waals surface area contributed by atoms with E-state index < -0.39 is 4.92 Å². The molecule has 0 bridgehead atoms. The first-order chi connectivity index (χ1) is 12.5. The molecule has 3 rings (SSSR count). The van der Waals surface area contributed by atoms with E-state index in [-0.39, 0.29) is 48.2 Å². The van der Waals surface area contributed by atoms with Gasteiger partial charge in [0.15, 0.2) is 0 Å². The third kappa shape index (κ3) is 3.63. The molecule has 0 saturated carbocycles. The van der Waals surface area contributed by atoms with Crippen molar-refractivity contribution in [2.45, 2.75) is 25.7 Å². The summed E-state index contributed by atoms with van der Waals surface area (Å²) < 4.78 is 0. The number of amides is 3. The Balaban J connectivity index is 1.47. The smallest absolute Gasteiger partial charge is 0.269 e. The summed E-state index contributed by atoms with van der Waals surface area (Å²) in [6.45, 7) is 0.234. The molecule has 8 nitrogen and oxygen atoms in total. The van der Waals surface area contributed by atoms with Crippen LogP contribution < -0.4 is 5.32 Å². The van der Waals surface area contributed by atoms with Gasteiger partial charge in [-0.15, -0.1) is 0 Å². The number of non-ortho nitro benzene ring substituents is 1. The van der Waals surface area contributed by atoms with Crippen LogP contribution in [-0.2, 0) is 14.4 Å². The van der Waals surface area contributed by atoms with Crippen molar-refractivity contribution in [2.24, 2.45) is 11.8 Å². The van der Waals surface area contributed by atoms with Gasteiger partial charge in [-0.05, 0) is 31.4 Å². The van der Waals surface area contributed by atoms with E-state index in [0.717, 1.165) is 0 Å². The molecule has 0 unspecified atom stereocenters. The van der Waals surface area contributed by atoms with Crippen molar-refractivity contribution in [3.63, 3.8) is 0 Å². The maximum atomic E-state index is 12.3. The number of nitrogens with zero attached hydrogens (tertiary/aromatic N) is 2. The normalized spacial score (nSPS) is 21.6. The van der Waals surface area contributed by atoms with Gasteiger partial charge < -0.3 is 5.32 Å². The Labute approximate surface area is 150 Å². The number of carbonyl (C=O) groups excluding carboxylic acids is 3. The summed E-state index contributed by atoms with van der Waals surface area (Å²) in [5.74, 6) is -1.04. The Hall–Kier alpha value is -3.03. The topological polar surface area (TPSA) is 110 Å². The van der Waals surface area contributed by atoms with Crippen molar-refractivity contribution < 1.29 is 19.3 Å².